The van der Waals surface area contributed by atoms with Crippen LogP contribution in [0.25, 0.3) is 0 Å². The van der Waals surface area contributed by atoms with E-state index in [2.05, 4.69) is 18.7 Å². The molecule has 4 atom stereocenters. The minimum atomic E-state index is -0.858. The minimum absolute atomic E-state index is 0.274. The summed E-state index contributed by atoms with van der Waals surface area (Å²) in [6.07, 6.45) is 7.72. The van der Waals surface area contributed by atoms with Gasteiger partial charge in [-0.3, -0.25) is 4.79 Å². The number of aliphatic carboxylic acids is 1. The summed E-state index contributed by atoms with van der Waals surface area (Å²) in [7, 11) is 0. The van der Waals surface area contributed by atoms with Crippen LogP contribution in [0.5, 0.6) is 0 Å². The van der Waals surface area contributed by atoms with Gasteiger partial charge < -0.3 is 9.84 Å². The average molecular weight is 310 g/mol. The van der Waals surface area contributed by atoms with Crippen molar-refractivity contribution in [3.8, 4) is 0 Å². The van der Waals surface area contributed by atoms with Gasteiger partial charge in [0.1, 0.15) is 17.3 Å². The Morgan fingerprint density at radius 2 is 2.23 bits per heavy atom. The third-order valence-corrected chi connectivity index (χ3v) is 4.58. The van der Waals surface area contributed by atoms with Gasteiger partial charge in [-0.2, -0.15) is 0 Å². The van der Waals surface area contributed by atoms with Crippen LogP contribution in [0, 0.1) is 5.92 Å². The van der Waals surface area contributed by atoms with Gasteiger partial charge >= 0.3 is 5.97 Å². The van der Waals surface area contributed by atoms with Gasteiger partial charge in [0.2, 0.25) is 0 Å². The summed E-state index contributed by atoms with van der Waals surface area (Å²) in [6, 6.07) is 0. The van der Waals surface area contributed by atoms with Gasteiger partial charge in [0, 0.05) is 6.42 Å². The Kier molecular flexibility index (Phi) is 4.97. The van der Waals surface area contributed by atoms with E-state index in [1.54, 1.807) is 6.92 Å². The molecule has 124 valence electrons. The van der Waals surface area contributed by atoms with E-state index in [0.717, 1.165) is 25.0 Å². The van der Waals surface area contributed by atoms with E-state index in [1.807, 2.05) is 13.8 Å². The van der Waals surface area contributed by atoms with Crippen molar-refractivity contribution in [3.63, 3.8) is 0 Å². The van der Waals surface area contributed by atoms with Crippen LogP contribution in [0.2, 0.25) is 0 Å². The molecule has 0 bridgehead atoms. The fraction of sp³-hybridized carbons (Fsp3) is 0.706. The Bertz CT molecular complexity index is 462. The van der Waals surface area contributed by atoms with Gasteiger partial charge in [-0.1, -0.05) is 12.7 Å². The topological polar surface area (TPSA) is 65.0 Å². The predicted octanol–water partition coefficient (Wildman–Crippen LogP) is 3.61. The van der Waals surface area contributed by atoms with Crippen LogP contribution in [-0.2, 0) is 19.3 Å². The van der Waals surface area contributed by atoms with E-state index in [-0.39, 0.29) is 11.7 Å². The highest BCUT2D eigenvalue weighted by molar-refractivity contribution is 5.70. The highest BCUT2D eigenvalue weighted by Gasteiger charge is 2.37. The van der Waals surface area contributed by atoms with Crippen LogP contribution < -0.4 is 0 Å². The van der Waals surface area contributed by atoms with E-state index in [9.17, 15) is 4.79 Å². The molecule has 2 aliphatic rings. The van der Waals surface area contributed by atoms with Crippen LogP contribution in [0.1, 0.15) is 52.9 Å². The molecule has 0 aromatic carbocycles. The number of hydrogen-bond acceptors (Lipinski definition) is 4. The molecule has 0 radical (unpaired) electrons. The van der Waals surface area contributed by atoms with Crippen LogP contribution in [0.4, 0.5) is 0 Å². The number of rotatable bonds is 5. The molecule has 1 N–H and O–H groups in total. The van der Waals surface area contributed by atoms with Crippen molar-refractivity contribution in [1.29, 1.82) is 0 Å². The summed E-state index contributed by atoms with van der Waals surface area (Å²) in [6.45, 7) is 9.52. The quantitative estimate of drug-likeness (QED) is 0.621. The Morgan fingerprint density at radius 3 is 2.73 bits per heavy atom. The first-order valence-electron chi connectivity index (χ1n) is 7.85. The maximum absolute atomic E-state index is 11.0. The standard InChI is InChI=1S/C17H26O5/c1-12-6-10-16(3,20-12)8-5-9-17(4)11-7-14(21-22-17)13(2)15(18)19/h5,8,13-14H,1,6-7,9-11H2,2-4H3,(H,18,19). The lowest BCUT2D eigenvalue weighted by molar-refractivity contribution is -0.409. The Balaban J connectivity index is 1.84. The van der Waals surface area contributed by atoms with Crippen LogP contribution >= 0.6 is 0 Å². The molecule has 0 saturated carbocycles. The van der Waals surface area contributed by atoms with Gasteiger partial charge in [-0.05, 0) is 52.5 Å². The fourth-order valence-electron chi connectivity index (χ4n) is 2.84. The number of allylic oxidation sites excluding steroid dienone is 1. The van der Waals surface area contributed by atoms with E-state index in [1.165, 1.54) is 0 Å². The third-order valence-electron chi connectivity index (χ3n) is 4.58. The zero-order chi connectivity index (χ0) is 16.4. The summed E-state index contributed by atoms with van der Waals surface area (Å²) in [4.78, 5) is 21.8. The highest BCUT2D eigenvalue weighted by Crippen LogP contribution is 2.35. The van der Waals surface area contributed by atoms with E-state index in [4.69, 9.17) is 19.6 Å². The molecule has 22 heavy (non-hydrogen) atoms. The molecule has 2 fully saturated rings. The van der Waals surface area contributed by atoms with E-state index in [0.29, 0.717) is 12.8 Å². The zero-order valence-electron chi connectivity index (χ0n) is 13.6. The lowest BCUT2D eigenvalue weighted by atomic mass is 9.89. The van der Waals surface area contributed by atoms with Crippen molar-refractivity contribution < 1.29 is 24.4 Å². The molecule has 0 amide bonds. The molecule has 0 aliphatic carbocycles. The van der Waals surface area contributed by atoms with Crippen LogP contribution in [-0.4, -0.2) is 28.4 Å². The van der Waals surface area contributed by atoms with Crippen LogP contribution in [0.15, 0.2) is 24.5 Å². The monoisotopic (exact) mass is 310 g/mol. The zero-order valence-corrected chi connectivity index (χ0v) is 13.6. The van der Waals surface area contributed by atoms with Crippen molar-refractivity contribution >= 4 is 5.97 Å². The molecular weight excluding hydrogens is 284 g/mol. The second-order valence-corrected chi connectivity index (χ2v) is 6.89. The number of ether oxygens (including phenoxy) is 1. The maximum atomic E-state index is 11.0. The molecule has 0 aromatic heterocycles. The predicted molar refractivity (Wildman–Crippen MR) is 82.0 cm³/mol. The Hall–Kier alpha value is -1.33. The van der Waals surface area contributed by atoms with E-state index >= 15 is 0 Å². The summed E-state index contributed by atoms with van der Waals surface area (Å²) in [5.41, 5.74) is -0.694. The van der Waals surface area contributed by atoms with Crippen molar-refractivity contribution in [2.24, 2.45) is 5.92 Å². The molecule has 4 unspecified atom stereocenters. The van der Waals surface area contributed by atoms with Gasteiger partial charge in [0.15, 0.2) is 0 Å². The molecule has 2 saturated heterocycles. The first-order chi connectivity index (χ1) is 10.2. The normalized spacial score (nSPS) is 37.2. The fourth-order valence-corrected chi connectivity index (χ4v) is 2.84. The number of carboxylic acid groups (broad SMARTS) is 1. The van der Waals surface area contributed by atoms with Crippen molar-refractivity contribution in [1.82, 2.24) is 0 Å². The minimum Gasteiger partial charge on any atom is -0.488 e. The summed E-state index contributed by atoms with van der Waals surface area (Å²) in [5.74, 6) is -0.582. The summed E-state index contributed by atoms with van der Waals surface area (Å²) >= 11 is 0. The second-order valence-electron chi connectivity index (χ2n) is 6.89. The summed E-state index contributed by atoms with van der Waals surface area (Å²) < 4.78 is 5.73. The smallest absolute Gasteiger partial charge is 0.308 e. The number of hydrogen-bond donors (Lipinski definition) is 1. The average Bonchev–Trinajstić information content (AvgIpc) is 2.78. The van der Waals surface area contributed by atoms with Gasteiger partial charge in [-0.25, -0.2) is 9.78 Å². The second kappa shape index (κ2) is 6.42. The maximum Gasteiger partial charge on any atom is 0.308 e. The highest BCUT2D eigenvalue weighted by atomic mass is 17.2. The number of carboxylic acids is 1. The lowest BCUT2D eigenvalue weighted by Gasteiger charge is -2.36. The molecule has 2 rings (SSSR count). The molecule has 5 heteroatoms. The lowest BCUT2D eigenvalue weighted by Crippen LogP contribution is -2.41. The molecule has 0 spiro atoms. The van der Waals surface area contributed by atoms with Crippen molar-refractivity contribution in [3.05, 3.63) is 24.5 Å². The van der Waals surface area contributed by atoms with Crippen LogP contribution in [0.3, 0.4) is 0 Å². The first kappa shape index (κ1) is 17.0. The van der Waals surface area contributed by atoms with Crippen molar-refractivity contribution in [2.45, 2.75) is 70.2 Å². The Labute approximate surface area is 131 Å². The van der Waals surface area contributed by atoms with Crippen molar-refractivity contribution in [2.75, 3.05) is 0 Å². The molecule has 2 aliphatic heterocycles. The Morgan fingerprint density at radius 1 is 1.50 bits per heavy atom. The third kappa shape index (κ3) is 4.11. The van der Waals surface area contributed by atoms with Gasteiger partial charge in [-0.15, -0.1) is 0 Å². The SMILES string of the molecule is C=C1CCC(C)(C=CCC2(C)CCC(C(C)C(=O)O)OO2)O1. The largest absolute Gasteiger partial charge is 0.488 e. The van der Waals surface area contributed by atoms with Gasteiger partial charge in [0.25, 0.3) is 0 Å². The molecule has 0 aromatic rings. The molecule has 2 heterocycles. The molecule has 5 nitrogen and oxygen atoms in total. The summed E-state index contributed by atoms with van der Waals surface area (Å²) in [5, 5.41) is 9.01. The van der Waals surface area contributed by atoms with E-state index < -0.39 is 17.5 Å². The number of carbonyl (C=O) groups is 1. The molecular formula is C17H26O5. The first-order valence-corrected chi connectivity index (χ1v) is 7.85. The van der Waals surface area contributed by atoms with Gasteiger partial charge in [0.05, 0.1) is 11.7 Å².